The molecule has 3 N–H and O–H groups in total. The summed E-state index contributed by atoms with van der Waals surface area (Å²) in [7, 11) is 0. The second-order valence-electron chi connectivity index (χ2n) is 41.7. The molecule has 4 aliphatic carbocycles. The van der Waals surface area contributed by atoms with E-state index in [1.807, 2.05) is 95.0 Å². The second kappa shape index (κ2) is 45.4. The first kappa shape index (κ1) is 111. The Morgan fingerprint density at radius 2 is 0.814 bits per heavy atom. The van der Waals surface area contributed by atoms with Gasteiger partial charge in [0.1, 0.15) is 88.6 Å². The van der Waals surface area contributed by atoms with Gasteiger partial charge in [-0.05, 0) is 203 Å². The van der Waals surface area contributed by atoms with Gasteiger partial charge in [-0.25, -0.2) is 63.1 Å². The number of alkyl halides is 9. The molecule has 3 saturated heterocycles. The molecule has 4 saturated carbocycles. The molecule has 9 heterocycles. The molecule has 6 bridgehead atoms. The summed E-state index contributed by atoms with van der Waals surface area (Å²) in [5.41, 5.74) is 0.736. The van der Waals surface area contributed by atoms with Crippen molar-refractivity contribution in [3.63, 3.8) is 0 Å². The Morgan fingerprint density at radius 3 is 1.24 bits per heavy atom. The Labute approximate surface area is 843 Å². The number of carbonyl (C=O) groups is 6. The molecule has 7 fully saturated rings. The number of halogens is 9. The normalized spacial score (nSPS) is 29.4. The number of aryl methyl sites for hydroxylation is 3. The van der Waals surface area contributed by atoms with Crippen molar-refractivity contribution < 1.29 is 181 Å². The van der Waals surface area contributed by atoms with Crippen LogP contribution in [0.25, 0.3) is 33.1 Å². The van der Waals surface area contributed by atoms with Gasteiger partial charge in [0.05, 0.1) is 52.7 Å². The third kappa shape index (κ3) is 27.3. The number of nitrogens with zero attached hydrogens (tertiary/aromatic N) is 9. The Morgan fingerprint density at radius 1 is 0.429 bits per heavy atom. The largest absolute Gasteiger partial charge is 0.573 e. The Bertz CT molecular complexity index is 5310. The Balaban J connectivity index is 0.000000199. The van der Waals surface area contributed by atoms with Crippen LogP contribution in [0, 0.1) is 63.6 Å². The maximum atomic E-state index is 14.1. The van der Waals surface area contributed by atoms with Gasteiger partial charge in [0.2, 0.25) is 35.4 Å². The fourth-order valence-corrected chi connectivity index (χ4v) is 20.7. The van der Waals surface area contributed by atoms with Crippen LogP contribution in [-0.2, 0) is 118 Å². The number of carbonyl (C=O) groups excluding carboxylic acids is 9. The molecule has 0 spiro atoms. The monoisotopic (exact) mass is 2080 g/mol. The molecule has 6 amide bonds. The Kier molecular flexibility index (Phi) is 36.1. The van der Waals surface area contributed by atoms with E-state index in [1.54, 1.807) is 19.9 Å². The number of rotatable bonds is 8. The van der Waals surface area contributed by atoms with Crippen molar-refractivity contribution in [2.24, 2.45) is 63.6 Å². The van der Waals surface area contributed by atoms with Crippen LogP contribution < -0.4 is 44.4 Å². The number of alkyl carbamates (subject to hydrolysis) is 3. The minimum Gasteiger partial charge on any atom is -0.540 e. The first-order valence-electron chi connectivity index (χ1n) is 47.7. The molecule has 2 unspecified atom stereocenters. The number of aromatic nitrogens is 6. The summed E-state index contributed by atoms with van der Waals surface area (Å²) >= 11 is 0. The van der Waals surface area contributed by atoms with Gasteiger partial charge in [0.15, 0.2) is 6.61 Å². The van der Waals surface area contributed by atoms with Crippen LogP contribution in [0.2, 0.25) is 0 Å². The zero-order valence-electron chi connectivity index (χ0n) is 80.7. The summed E-state index contributed by atoms with van der Waals surface area (Å²) in [5.74, 6) is -1.40. The number of amides is 6. The van der Waals surface area contributed by atoms with Crippen molar-refractivity contribution in [1.29, 1.82) is 0 Å². The third-order valence-electron chi connectivity index (χ3n) is 28.4. The van der Waals surface area contributed by atoms with Gasteiger partial charge in [-0.15, -0.1) is 26.3 Å². The average molecular weight is 2080 g/mol. The smallest absolute Gasteiger partial charge is 0.540 e. The molecule has 6 aromatic rings. The summed E-state index contributed by atoms with van der Waals surface area (Å²) in [6, 6.07) is 6.10. The fourth-order valence-electron chi connectivity index (χ4n) is 20.7. The minimum absolute atomic E-state index is 0. The molecule has 30 nitrogen and oxygen atoms in total. The van der Waals surface area contributed by atoms with E-state index in [9.17, 15) is 82.7 Å². The first-order chi connectivity index (χ1) is 64.6. The maximum Gasteiger partial charge on any atom is 0.573 e. The van der Waals surface area contributed by atoms with Crippen LogP contribution in [0.4, 0.5) is 53.9 Å². The zero-order chi connectivity index (χ0) is 98.9. The van der Waals surface area contributed by atoms with Gasteiger partial charge in [0.25, 0.3) is 0 Å². The van der Waals surface area contributed by atoms with Gasteiger partial charge in [-0.2, -0.15) is 13.2 Å². The van der Waals surface area contributed by atoms with E-state index in [0.29, 0.717) is 76.7 Å². The summed E-state index contributed by atoms with van der Waals surface area (Å²) in [6.07, 6.45) is 5.12. The molecular formula is C98H122F9N12O18V3-3. The van der Waals surface area contributed by atoms with Crippen molar-refractivity contribution in [2.45, 2.75) is 323 Å². The number of nitrogens with one attached hydrogen (secondary N) is 3. The van der Waals surface area contributed by atoms with Gasteiger partial charge >= 0.3 is 37.2 Å². The van der Waals surface area contributed by atoms with E-state index in [1.165, 1.54) is 51.1 Å². The molecule has 20 atom stereocenters. The van der Waals surface area contributed by atoms with Gasteiger partial charge < -0.3 is 87.7 Å². The maximum absolute atomic E-state index is 14.1. The van der Waals surface area contributed by atoms with E-state index in [-0.39, 0.29) is 140 Å². The summed E-state index contributed by atoms with van der Waals surface area (Å²) in [4.78, 5) is 150. The van der Waals surface area contributed by atoms with Crippen molar-refractivity contribution in [1.82, 2.24) is 60.6 Å². The predicted molar refractivity (Wildman–Crippen MR) is 479 cm³/mol. The van der Waals surface area contributed by atoms with Gasteiger partial charge in [-0.1, -0.05) is 146 Å². The summed E-state index contributed by atoms with van der Waals surface area (Å²) < 4.78 is 166. The van der Waals surface area contributed by atoms with Crippen molar-refractivity contribution in [3.8, 4) is 34.9 Å². The van der Waals surface area contributed by atoms with Crippen molar-refractivity contribution >= 4 is 88.0 Å². The van der Waals surface area contributed by atoms with Gasteiger partial charge in [0, 0.05) is 73.9 Å². The van der Waals surface area contributed by atoms with Crippen LogP contribution >= 0.6 is 0 Å². The quantitative estimate of drug-likeness (QED) is 0.0724. The predicted octanol–water partition coefficient (Wildman–Crippen LogP) is 16.9. The summed E-state index contributed by atoms with van der Waals surface area (Å²) in [5, 5.41) is 8.39. The van der Waals surface area contributed by atoms with Crippen LogP contribution in [0.3, 0.4) is 0 Å². The molecule has 10 aliphatic rings. The molecule has 16 rings (SSSR count). The van der Waals surface area contributed by atoms with Crippen LogP contribution in [0.15, 0.2) is 54.6 Å². The van der Waals surface area contributed by atoms with Crippen LogP contribution in [0.5, 0.6) is 34.9 Å². The van der Waals surface area contributed by atoms with Crippen LogP contribution in [0.1, 0.15) is 229 Å². The molecule has 140 heavy (non-hydrogen) atoms. The topological polar surface area (TPSA) is 360 Å². The SMILES string of the molecule is CC[C@@H]1[C@@H]2CN(C(=O)[C@H](C(C)(C)C)NC(=O)O[C@@H]3C[C@H]3CCCCCc3nc4ccc(OCC(F)(F)F)cc4nc3O2)[C@@H]1[C-]=O.C[C@@H]1[C@@H]2CN(C(=O)[C@H](C(C)(C)C)NC(=O)O[C@@H]3CC4CC4[C@H]3CCCCCc3nc4ccc(OC(F)(F)F)cc4nc3O2)[C@@H]1[C-]=O.C[C@@H]1[C@@H]2CN(C(=O)[C@H](C(C)(C)C)NC(=O)O[C@]3(C)CCC[C@H]3CCCCCc3nc4ccc(OC(F)(F)F)cc4nc3O2)[C@@H]1[C-]=O.[V].[V].[V]. The number of fused-ring (bicyclic) bond motifs is 17. The molecule has 6 aliphatic heterocycles. The number of hydrogen-bond acceptors (Lipinski definition) is 24. The number of ether oxygens (including phenoxy) is 9. The van der Waals surface area contributed by atoms with E-state index in [0.717, 1.165) is 128 Å². The first-order valence-corrected chi connectivity index (χ1v) is 47.7. The number of hydrogen-bond donors (Lipinski definition) is 3. The standard InChI is InChI=1S/C33H40F3N4O6.C33H42F3N4O6.C32H40F3N4O6.3V/c1-17-25(16-41)40-15-27(17)44-29-23(37-22-11-10-19(14-24(22)38-29)46-33(34,35)36)9-7-5-6-8-20-21-12-18(21)13-26(20)45-31(43)39-28(30(40)42)32(2,3)4;1-19-25(18-41)40-17-26(19)44-28-23(37-22-14-13-21(16-24(22)38-28)45-33(34,35)36)12-8-6-7-10-20-11-9-15-32(20,5)46-30(43)39-27(29(40)42)31(2,3)4;1-5-20-24(16-40)39-15-26(20)44-28-22(36-21-12-11-19(14-23(21)37-28)43-17-32(33,34)35)10-8-6-7-9-18-13-25(18)45-30(42)38-27(29(39)41)31(2,3)4;;;/h10-11,14,17-18,20-21,25-28H,5-9,12-13,15H2,1-4H3,(H,39,43);13-14,16,19-20,25-27H,6-12,15,17H2,1-5H3,(H,39,43);11-12,14,18,20,24-27H,5-10,13,15,17H2,1-4H3,(H,38,42);;;/q3*-1;;;/t17-,18?,20+,21?,25+,26+,27-,28+;19-,20+,25+,26-,27+,32+;18-,20+,24-,25-,26+,27-;;;/m001.../s1. The number of benzene rings is 3. The second-order valence-corrected chi connectivity index (χ2v) is 41.7. The molecule has 763 valence electrons. The van der Waals surface area contributed by atoms with Crippen molar-refractivity contribution in [3.05, 3.63) is 71.7 Å². The summed E-state index contributed by atoms with van der Waals surface area (Å²) in [6.45, 7) is 22.4. The van der Waals surface area contributed by atoms with Gasteiger partial charge in [-0.3, -0.25) is 14.4 Å². The zero-order valence-corrected chi connectivity index (χ0v) is 84.9. The fraction of sp³-hybridized carbons (Fsp3) is 0.663. The average Bonchev–Trinajstić information content (AvgIpc) is 1.59. The van der Waals surface area contributed by atoms with E-state index in [4.69, 9.17) is 48.1 Å². The Hall–Kier alpha value is -9.17. The van der Waals surface area contributed by atoms with E-state index in [2.05, 4.69) is 40.4 Å². The van der Waals surface area contributed by atoms with Crippen molar-refractivity contribution in [2.75, 3.05) is 26.2 Å². The van der Waals surface area contributed by atoms with Crippen LogP contribution in [-0.4, -0.2) is 217 Å². The molecule has 3 radical (unpaired) electrons. The molecule has 3 aromatic heterocycles. The third-order valence-corrected chi connectivity index (χ3v) is 28.4. The molecule has 42 heteroatoms. The molecular weight excluding hydrogens is 1960 g/mol. The van der Waals surface area contributed by atoms with E-state index < -0.39 is 167 Å². The van der Waals surface area contributed by atoms with E-state index >= 15 is 0 Å². The minimum atomic E-state index is -4.87. The molecule has 3 aromatic carbocycles.